The number of nitriles is 1. The first kappa shape index (κ1) is 19.5. The predicted molar refractivity (Wildman–Crippen MR) is 93.4 cm³/mol. The quantitative estimate of drug-likeness (QED) is 0.617. The van der Waals surface area contributed by atoms with E-state index in [0.29, 0.717) is 17.5 Å². The van der Waals surface area contributed by atoms with E-state index in [1.807, 2.05) is 4.90 Å². The van der Waals surface area contributed by atoms with Gasteiger partial charge in [0.05, 0.1) is 0 Å². The first-order valence-electron chi connectivity index (χ1n) is 8.75. The Morgan fingerprint density at radius 3 is 1.74 bits per heavy atom. The lowest BCUT2D eigenvalue weighted by Gasteiger charge is -2.35. The molecule has 0 fully saturated rings. The molecule has 0 aliphatic heterocycles. The van der Waals surface area contributed by atoms with Gasteiger partial charge in [-0.1, -0.05) is 27.7 Å². The van der Waals surface area contributed by atoms with Crippen LogP contribution >= 0.6 is 0 Å². The number of rotatable bonds is 10. The van der Waals surface area contributed by atoms with Crippen molar-refractivity contribution in [3.05, 3.63) is 11.6 Å². The van der Waals surface area contributed by atoms with E-state index in [9.17, 15) is 5.26 Å². The van der Waals surface area contributed by atoms with Gasteiger partial charge in [-0.05, 0) is 40.0 Å². The zero-order chi connectivity index (χ0) is 17.4. The summed E-state index contributed by atoms with van der Waals surface area (Å²) in [5, 5.41) is 9.43. The Morgan fingerprint density at radius 2 is 1.39 bits per heavy atom. The highest BCUT2D eigenvalue weighted by Crippen LogP contribution is 2.30. The van der Waals surface area contributed by atoms with Crippen molar-refractivity contribution in [3.63, 3.8) is 0 Å². The summed E-state index contributed by atoms with van der Waals surface area (Å²) in [6, 6.07) is 2.19. The van der Waals surface area contributed by atoms with Gasteiger partial charge in [-0.25, -0.2) is 0 Å². The smallest absolute Gasteiger partial charge is 0.234 e. The standard InChI is InChI=1S/C17H31N5O/c1-7-20(8-2)16(21(9-3)10-4)15-19-14(13-18)17(23-15)22(11-5)12-6/h16H,7-12H2,1-6H3. The van der Waals surface area contributed by atoms with E-state index in [4.69, 9.17) is 4.42 Å². The van der Waals surface area contributed by atoms with E-state index < -0.39 is 0 Å². The summed E-state index contributed by atoms with van der Waals surface area (Å²) in [4.78, 5) is 11.2. The van der Waals surface area contributed by atoms with E-state index in [1.54, 1.807) is 0 Å². The third-order valence-electron chi connectivity index (χ3n) is 4.32. The van der Waals surface area contributed by atoms with Gasteiger partial charge in [-0.3, -0.25) is 9.80 Å². The van der Waals surface area contributed by atoms with E-state index in [0.717, 1.165) is 39.3 Å². The van der Waals surface area contributed by atoms with Crippen LogP contribution in [0.5, 0.6) is 0 Å². The number of oxazole rings is 1. The Morgan fingerprint density at radius 1 is 0.913 bits per heavy atom. The molecule has 0 amide bonds. The Balaban J connectivity index is 3.34. The molecule has 0 aromatic carbocycles. The van der Waals surface area contributed by atoms with Crippen LogP contribution in [0, 0.1) is 11.3 Å². The molecule has 0 saturated heterocycles. The SMILES string of the molecule is CCN(CC)c1oc(C(N(CC)CC)N(CC)CC)nc1C#N. The van der Waals surface area contributed by atoms with Gasteiger partial charge in [-0.2, -0.15) is 10.2 Å². The monoisotopic (exact) mass is 321 g/mol. The minimum Gasteiger partial charge on any atom is -0.420 e. The fraction of sp³-hybridized carbons (Fsp3) is 0.765. The van der Waals surface area contributed by atoms with Crippen molar-refractivity contribution >= 4 is 5.88 Å². The number of hydrogen-bond donors (Lipinski definition) is 0. The van der Waals surface area contributed by atoms with Gasteiger partial charge < -0.3 is 9.32 Å². The molecule has 6 nitrogen and oxygen atoms in total. The molecular formula is C17H31N5O. The van der Waals surface area contributed by atoms with Crippen LogP contribution in [0.25, 0.3) is 0 Å². The van der Waals surface area contributed by atoms with Crippen LogP contribution in [-0.2, 0) is 0 Å². The van der Waals surface area contributed by atoms with Gasteiger partial charge in [0.25, 0.3) is 0 Å². The second-order valence-electron chi connectivity index (χ2n) is 5.31. The lowest BCUT2D eigenvalue weighted by molar-refractivity contribution is 0.0357. The van der Waals surface area contributed by atoms with Gasteiger partial charge in [-0.15, -0.1) is 0 Å². The maximum atomic E-state index is 9.43. The average Bonchev–Trinajstić information content (AvgIpc) is 3.00. The maximum Gasteiger partial charge on any atom is 0.234 e. The fourth-order valence-corrected chi connectivity index (χ4v) is 2.92. The number of nitrogens with zero attached hydrogens (tertiary/aromatic N) is 5. The molecular weight excluding hydrogens is 290 g/mol. The van der Waals surface area contributed by atoms with Crippen molar-refractivity contribution in [1.82, 2.24) is 14.8 Å². The van der Waals surface area contributed by atoms with Gasteiger partial charge in [0.15, 0.2) is 0 Å². The lowest BCUT2D eigenvalue weighted by atomic mass is 10.3. The molecule has 130 valence electrons. The summed E-state index contributed by atoms with van der Waals surface area (Å²) in [5.41, 5.74) is 0.382. The number of aromatic nitrogens is 1. The largest absolute Gasteiger partial charge is 0.420 e. The van der Waals surface area contributed by atoms with Crippen LogP contribution < -0.4 is 4.90 Å². The van der Waals surface area contributed by atoms with Crippen molar-refractivity contribution in [2.45, 2.75) is 47.7 Å². The van der Waals surface area contributed by atoms with Crippen LogP contribution in [0.4, 0.5) is 5.88 Å². The van der Waals surface area contributed by atoms with Crippen molar-refractivity contribution in [2.24, 2.45) is 0 Å². The highest BCUT2D eigenvalue weighted by Gasteiger charge is 2.30. The Labute approximate surface area is 140 Å². The molecule has 0 aliphatic rings. The second kappa shape index (κ2) is 9.53. The van der Waals surface area contributed by atoms with Crippen LogP contribution in [0.1, 0.15) is 59.3 Å². The van der Waals surface area contributed by atoms with Crippen molar-refractivity contribution in [1.29, 1.82) is 5.26 Å². The molecule has 0 saturated carbocycles. The molecule has 0 unspecified atom stereocenters. The summed E-state index contributed by atoms with van der Waals surface area (Å²) in [6.07, 6.45) is -0.0311. The topological polar surface area (TPSA) is 59.5 Å². The van der Waals surface area contributed by atoms with Crippen molar-refractivity contribution in [2.75, 3.05) is 44.2 Å². The molecule has 0 N–H and O–H groups in total. The normalized spacial score (nSPS) is 11.5. The summed E-state index contributed by atoms with van der Waals surface area (Å²) in [7, 11) is 0. The average molecular weight is 321 g/mol. The predicted octanol–water partition coefficient (Wildman–Crippen LogP) is 3.07. The molecule has 0 spiro atoms. The minimum absolute atomic E-state index is 0.0311. The molecule has 1 rings (SSSR count). The number of hydrogen-bond acceptors (Lipinski definition) is 6. The van der Waals surface area contributed by atoms with E-state index in [-0.39, 0.29) is 6.17 Å². The summed E-state index contributed by atoms with van der Waals surface area (Å²) in [5.74, 6) is 1.22. The highest BCUT2D eigenvalue weighted by atomic mass is 16.4. The maximum absolute atomic E-state index is 9.43. The molecule has 0 aliphatic carbocycles. The third kappa shape index (κ3) is 4.24. The van der Waals surface area contributed by atoms with Gasteiger partial charge in [0.1, 0.15) is 12.2 Å². The molecule has 0 radical (unpaired) electrons. The first-order valence-corrected chi connectivity index (χ1v) is 8.75. The second-order valence-corrected chi connectivity index (χ2v) is 5.31. The highest BCUT2D eigenvalue weighted by molar-refractivity contribution is 5.47. The fourth-order valence-electron chi connectivity index (χ4n) is 2.92. The molecule has 1 heterocycles. The Hall–Kier alpha value is -1.58. The minimum atomic E-state index is -0.0311. The van der Waals surface area contributed by atoms with E-state index >= 15 is 0 Å². The van der Waals surface area contributed by atoms with Crippen LogP contribution in [0.3, 0.4) is 0 Å². The molecule has 1 aromatic rings. The Kier molecular flexibility index (Phi) is 8.07. The van der Waals surface area contributed by atoms with Crippen molar-refractivity contribution in [3.8, 4) is 6.07 Å². The molecule has 1 aromatic heterocycles. The zero-order valence-corrected chi connectivity index (χ0v) is 15.5. The van der Waals surface area contributed by atoms with E-state index in [1.165, 1.54) is 0 Å². The molecule has 0 atom stereocenters. The number of anilines is 1. The summed E-state index contributed by atoms with van der Waals surface area (Å²) >= 11 is 0. The first-order chi connectivity index (χ1) is 11.1. The van der Waals surface area contributed by atoms with Gasteiger partial charge in [0.2, 0.25) is 17.5 Å². The zero-order valence-electron chi connectivity index (χ0n) is 15.5. The van der Waals surface area contributed by atoms with Gasteiger partial charge >= 0.3 is 0 Å². The lowest BCUT2D eigenvalue weighted by Crippen LogP contribution is -2.41. The third-order valence-corrected chi connectivity index (χ3v) is 4.32. The Bertz CT molecular complexity index is 484. The van der Waals surface area contributed by atoms with Crippen LogP contribution in [0.2, 0.25) is 0 Å². The molecule has 6 heteroatoms. The van der Waals surface area contributed by atoms with E-state index in [2.05, 4.69) is 62.4 Å². The summed E-state index contributed by atoms with van der Waals surface area (Å²) < 4.78 is 6.09. The molecule has 0 bridgehead atoms. The molecule has 23 heavy (non-hydrogen) atoms. The van der Waals surface area contributed by atoms with Crippen LogP contribution in [-0.4, -0.2) is 54.1 Å². The summed E-state index contributed by atoms with van der Waals surface area (Å²) in [6.45, 7) is 17.9. The van der Waals surface area contributed by atoms with Crippen molar-refractivity contribution < 1.29 is 4.42 Å². The van der Waals surface area contributed by atoms with Gasteiger partial charge in [0, 0.05) is 13.1 Å². The van der Waals surface area contributed by atoms with Crippen LogP contribution in [0.15, 0.2) is 4.42 Å².